The van der Waals surface area contributed by atoms with Crippen molar-refractivity contribution in [1.82, 2.24) is 25.5 Å². The SMILES string of the molecule is Cl.O=C(CC1COCCN1)Nc1ccc(F)c(-n2nnnc2C2CC2)c1. The summed E-state index contributed by atoms with van der Waals surface area (Å²) >= 11 is 0. The van der Waals surface area contributed by atoms with E-state index in [1.165, 1.54) is 16.8 Å². The Balaban J connectivity index is 0.00000196. The van der Waals surface area contributed by atoms with E-state index in [2.05, 4.69) is 26.2 Å². The highest BCUT2D eigenvalue weighted by atomic mass is 35.5. The number of rotatable bonds is 5. The predicted molar refractivity (Wildman–Crippen MR) is 94.2 cm³/mol. The molecule has 1 aromatic carbocycles. The number of hydrogen-bond acceptors (Lipinski definition) is 6. The lowest BCUT2D eigenvalue weighted by molar-refractivity contribution is -0.117. The first-order chi connectivity index (χ1) is 12.2. The number of nitrogens with zero attached hydrogens (tertiary/aromatic N) is 4. The highest BCUT2D eigenvalue weighted by Gasteiger charge is 2.30. The normalized spacial score (nSPS) is 19.7. The number of tetrazole rings is 1. The molecule has 1 saturated carbocycles. The first kappa shape index (κ1) is 18.7. The number of amides is 1. The summed E-state index contributed by atoms with van der Waals surface area (Å²) in [6.07, 6.45) is 2.31. The standard InChI is InChI=1S/C16H19FN6O2.ClH/c17-13-4-3-11(19-15(24)8-12-9-25-6-5-18-12)7-14(13)23-16(10-1-2-10)20-21-22-23;/h3-4,7,10,12,18H,1-2,5-6,8-9H2,(H,19,24);1H. The summed E-state index contributed by atoms with van der Waals surface area (Å²) < 4.78 is 21.0. The van der Waals surface area contributed by atoms with E-state index >= 15 is 0 Å². The van der Waals surface area contributed by atoms with E-state index < -0.39 is 5.82 Å². The van der Waals surface area contributed by atoms with Gasteiger partial charge in [0.1, 0.15) is 11.5 Å². The predicted octanol–water partition coefficient (Wildman–Crippen LogP) is 1.42. The lowest BCUT2D eigenvalue weighted by Gasteiger charge is -2.23. The van der Waals surface area contributed by atoms with Gasteiger partial charge in [-0.3, -0.25) is 4.79 Å². The molecule has 2 N–H and O–H groups in total. The molecule has 0 spiro atoms. The van der Waals surface area contributed by atoms with Gasteiger partial charge in [0.15, 0.2) is 5.82 Å². The van der Waals surface area contributed by atoms with Crippen LogP contribution < -0.4 is 10.6 Å². The summed E-state index contributed by atoms with van der Waals surface area (Å²) in [5.41, 5.74) is 0.749. The Morgan fingerprint density at radius 1 is 1.42 bits per heavy atom. The van der Waals surface area contributed by atoms with Crippen LogP contribution in [0.5, 0.6) is 0 Å². The van der Waals surface area contributed by atoms with Crippen molar-refractivity contribution in [1.29, 1.82) is 0 Å². The maximum atomic E-state index is 14.3. The zero-order chi connectivity index (χ0) is 17.2. The molecule has 1 unspecified atom stereocenters. The van der Waals surface area contributed by atoms with Crippen molar-refractivity contribution in [2.75, 3.05) is 25.1 Å². The quantitative estimate of drug-likeness (QED) is 0.812. The van der Waals surface area contributed by atoms with Crippen molar-refractivity contribution >= 4 is 24.0 Å². The molecule has 140 valence electrons. The van der Waals surface area contributed by atoms with Gasteiger partial charge in [0, 0.05) is 30.6 Å². The van der Waals surface area contributed by atoms with Crippen molar-refractivity contribution in [3.8, 4) is 5.69 Å². The largest absolute Gasteiger partial charge is 0.378 e. The molecule has 2 aliphatic rings. The number of halogens is 2. The number of ether oxygens (including phenoxy) is 1. The van der Waals surface area contributed by atoms with E-state index in [0.717, 1.165) is 19.4 Å². The Bertz CT molecular complexity index is 776. The first-order valence-electron chi connectivity index (χ1n) is 8.40. The number of benzene rings is 1. The van der Waals surface area contributed by atoms with E-state index in [1.54, 1.807) is 6.07 Å². The Morgan fingerprint density at radius 3 is 3.00 bits per heavy atom. The molecule has 10 heteroatoms. The van der Waals surface area contributed by atoms with Gasteiger partial charge < -0.3 is 15.4 Å². The van der Waals surface area contributed by atoms with Crippen LogP contribution in [-0.4, -0.2) is 51.9 Å². The highest BCUT2D eigenvalue weighted by molar-refractivity contribution is 5.91. The number of anilines is 1. The Kier molecular flexibility index (Phi) is 5.80. The molecule has 0 radical (unpaired) electrons. The molecule has 1 amide bonds. The van der Waals surface area contributed by atoms with Crippen LogP contribution in [0, 0.1) is 5.82 Å². The molecule has 8 nitrogen and oxygen atoms in total. The van der Waals surface area contributed by atoms with Crippen molar-refractivity contribution in [3.05, 3.63) is 29.8 Å². The van der Waals surface area contributed by atoms with Gasteiger partial charge >= 0.3 is 0 Å². The Hall–Kier alpha value is -2.10. The minimum atomic E-state index is -0.436. The molecule has 4 rings (SSSR count). The molecular weight excluding hydrogens is 363 g/mol. The third kappa shape index (κ3) is 4.17. The molecular formula is C16H20ClFN6O2. The molecule has 1 aromatic heterocycles. The lowest BCUT2D eigenvalue weighted by atomic mass is 10.2. The smallest absolute Gasteiger partial charge is 0.226 e. The molecule has 1 saturated heterocycles. The molecule has 0 bridgehead atoms. The summed E-state index contributed by atoms with van der Waals surface area (Å²) in [4.78, 5) is 12.2. The number of morpholine rings is 1. The lowest BCUT2D eigenvalue weighted by Crippen LogP contribution is -2.43. The van der Waals surface area contributed by atoms with Crippen molar-refractivity contribution in [2.24, 2.45) is 0 Å². The van der Waals surface area contributed by atoms with Gasteiger partial charge in [-0.1, -0.05) is 0 Å². The number of hydrogen-bond donors (Lipinski definition) is 2. The molecule has 1 aliphatic carbocycles. The van der Waals surface area contributed by atoms with E-state index in [9.17, 15) is 9.18 Å². The van der Waals surface area contributed by atoms with Gasteiger partial charge in [-0.05, 0) is 41.5 Å². The monoisotopic (exact) mass is 382 g/mol. The Morgan fingerprint density at radius 2 is 2.27 bits per heavy atom. The van der Waals surface area contributed by atoms with Crippen LogP contribution in [0.15, 0.2) is 18.2 Å². The maximum absolute atomic E-state index is 14.3. The van der Waals surface area contributed by atoms with Gasteiger partial charge in [0.2, 0.25) is 5.91 Å². The average Bonchev–Trinajstić information content (AvgIpc) is 3.34. The fourth-order valence-corrected chi connectivity index (χ4v) is 2.90. The highest BCUT2D eigenvalue weighted by Crippen LogP contribution is 2.39. The van der Waals surface area contributed by atoms with Crippen molar-refractivity contribution < 1.29 is 13.9 Å². The zero-order valence-electron chi connectivity index (χ0n) is 14.0. The maximum Gasteiger partial charge on any atom is 0.226 e. The van der Waals surface area contributed by atoms with Gasteiger partial charge in [-0.25, -0.2) is 4.39 Å². The summed E-state index contributed by atoms with van der Waals surface area (Å²) in [7, 11) is 0. The third-order valence-corrected chi connectivity index (χ3v) is 4.32. The summed E-state index contributed by atoms with van der Waals surface area (Å²) in [6, 6.07) is 4.39. The van der Waals surface area contributed by atoms with Gasteiger partial charge in [0.25, 0.3) is 0 Å². The minimum absolute atomic E-state index is 0. The molecule has 2 aromatic rings. The van der Waals surface area contributed by atoms with Gasteiger partial charge in [0.05, 0.1) is 13.2 Å². The summed E-state index contributed by atoms with van der Waals surface area (Å²) in [6.45, 7) is 1.91. The number of aromatic nitrogens is 4. The van der Waals surface area contributed by atoms with Crippen LogP contribution in [0.4, 0.5) is 10.1 Å². The van der Waals surface area contributed by atoms with Gasteiger partial charge in [-0.15, -0.1) is 17.5 Å². The van der Waals surface area contributed by atoms with Gasteiger partial charge in [-0.2, -0.15) is 4.68 Å². The van der Waals surface area contributed by atoms with E-state index in [-0.39, 0.29) is 36.0 Å². The van der Waals surface area contributed by atoms with Crippen LogP contribution in [0.25, 0.3) is 5.69 Å². The summed E-state index contributed by atoms with van der Waals surface area (Å²) in [5, 5.41) is 17.6. The molecule has 2 heterocycles. The summed E-state index contributed by atoms with van der Waals surface area (Å²) in [5.74, 6) is 0.352. The van der Waals surface area contributed by atoms with E-state index in [0.29, 0.717) is 31.1 Å². The molecule has 26 heavy (non-hydrogen) atoms. The molecule has 1 aliphatic heterocycles. The van der Waals surface area contributed by atoms with Crippen molar-refractivity contribution in [3.63, 3.8) is 0 Å². The average molecular weight is 383 g/mol. The number of carbonyl (C=O) groups excluding carboxylic acids is 1. The zero-order valence-corrected chi connectivity index (χ0v) is 14.8. The van der Waals surface area contributed by atoms with Crippen molar-refractivity contribution in [2.45, 2.75) is 31.2 Å². The third-order valence-electron chi connectivity index (χ3n) is 4.32. The minimum Gasteiger partial charge on any atom is -0.378 e. The van der Waals surface area contributed by atoms with E-state index in [4.69, 9.17) is 4.74 Å². The fourth-order valence-electron chi connectivity index (χ4n) is 2.90. The fraction of sp³-hybridized carbons (Fsp3) is 0.500. The van der Waals surface area contributed by atoms with E-state index in [1.807, 2.05) is 0 Å². The second-order valence-electron chi connectivity index (χ2n) is 6.37. The van der Waals surface area contributed by atoms with Crippen LogP contribution in [0.3, 0.4) is 0 Å². The van der Waals surface area contributed by atoms with Crippen LogP contribution >= 0.6 is 12.4 Å². The molecule has 2 fully saturated rings. The molecule has 1 atom stereocenters. The topological polar surface area (TPSA) is 94.0 Å². The first-order valence-corrected chi connectivity index (χ1v) is 8.40. The van der Waals surface area contributed by atoms with Crippen LogP contribution in [-0.2, 0) is 9.53 Å². The second-order valence-corrected chi connectivity index (χ2v) is 6.37. The Labute approximate surface area is 155 Å². The number of carbonyl (C=O) groups is 1. The van der Waals surface area contributed by atoms with Crippen LogP contribution in [0.1, 0.15) is 31.0 Å². The second kappa shape index (κ2) is 8.07. The van der Waals surface area contributed by atoms with Crippen LogP contribution in [0.2, 0.25) is 0 Å². The number of nitrogens with one attached hydrogen (secondary N) is 2.